The number of nitrogens with zero attached hydrogens (tertiary/aromatic N) is 1. The lowest BCUT2D eigenvalue weighted by molar-refractivity contribution is -0.121. The van der Waals surface area contributed by atoms with Crippen molar-refractivity contribution >= 4 is 17.5 Å². The van der Waals surface area contributed by atoms with Crippen LogP contribution in [0.25, 0.3) is 0 Å². The van der Waals surface area contributed by atoms with Gasteiger partial charge in [0, 0.05) is 19.4 Å². The molecule has 16 heavy (non-hydrogen) atoms. The summed E-state index contributed by atoms with van der Waals surface area (Å²) in [6.45, 7) is 0.0981. The van der Waals surface area contributed by atoms with E-state index in [2.05, 4.69) is 0 Å². The van der Waals surface area contributed by atoms with Crippen molar-refractivity contribution in [2.75, 3.05) is 11.5 Å². The van der Waals surface area contributed by atoms with E-state index < -0.39 is 0 Å². The molecule has 4 heteroatoms. The summed E-state index contributed by atoms with van der Waals surface area (Å²) in [6, 6.07) is 7.13. The molecule has 1 aliphatic heterocycles. The first kappa shape index (κ1) is 10.8. The monoisotopic (exact) mass is 219 g/mol. The second kappa shape index (κ2) is 4.45. The lowest BCUT2D eigenvalue weighted by Crippen LogP contribution is -2.28. The Morgan fingerprint density at radius 3 is 2.12 bits per heavy atom. The maximum atomic E-state index is 11.5. The summed E-state index contributed by atoms with van der Waals surface area (Å²) < 4.78 is 0. The van der Waals surface area contributed by atoms with Crippen LogP contribution in [0, 0.1) is 0 Å². The number of aliphatic hydroxyl groups excluding tert-OH is 1. The Hall–Kier alpha value is -1.68. The molecule has 2 rings (SSSR count). The van der Waals surface area contributed by atoms with Crippen LogP contribution in [0.3, 0.4) is 0 Å². The highest BCUT2D eigenvalue weighted by Gasteiger charge is 2.29. The number of hydrogen-bond donors (Lipinski definition) is 1. The van der Waals surface area contributed by atoms with E-state index in [0.29, 0.717) is 24.9 Å². The first-order valence-corrected chi connectivity index (χ1v) is 5.28. The minimum Gasteiger partial charge on any atom is -0.396 e. The number of amides is 2. The Morgan fingerprint density at radius 1 is 1.06 bits per heavy atom. The number of carbonyl (C=O) groups is 2. The molecule has 84 valence electrons. The largest absolute Gasteiger partial charge is 0.396 e. The van der Waals surface area contributed by atoms with E-state index in [0.717, 1.165) is 5.56 Å². The summed E-state index contributed by atoms with van der Waals surface area (Å²) in [5.41, 5.74) is 1.61. The van der Waals surface area contributed by atoms with E-state index in [1.165, 1.54) is 4.90 Å². The van der Waals surface area contributed by atoms with Crippen LogP contribution in [0.5, 0.6) is 0 Å². The van der Waals surface area contributed by atoms with E-state index in [1.807, 2.05) is 12.1 Å². The zero-order chi connectivity index (χ0) is 11.5. The minimum absolute atomic E-state index is 0.0981. The second-order valence-electron chi connectivity index (χ2n) is 3.76. The zero-order valence-corrected chi connectivity index (χ0v) is 8.85. The number of imide groups is 1. The van der Waals surface area contributed by atoms with E-state index in [-0.39, 0.29) is 18.4 Å². The molecule has 1 aromatic rings. The van der Waals surface area contributed by atoms with Gasteiger partial charge >= 0.3 is 0 Å². The Bertz CT molecular complexity index is 395. The predicted octanol–water partition coefficient (Wildman–Crippen LogP) is 0.875. The Labute approximate surface area is 93.5 Å². The van der Waals surface area contributed by atoms with Crippen molar-refractivity contribution in [3.63, 3.8) is 0 Å². The topological polar surface area (TPSA) is 57.6 Å². The molecule has 1 N–H and O–H groups in total. The lowest BCUT2D eigenvalue weighted by atomic mass is 10.1. The fourth-order valence-corrected chi connectivity index (χ4v) is 1.81. The number of rotatable bonds is 3. The van der Waals surface area contributed by atoms with Gasteiger partial charge in [-0.15, -0.1) is 0 Å². The van der Waals surface area contributed by atoms with Crippen molar-refractivity contribution in [3.05, 3.63) is 29.8 Å². The van der Waals surface area contributed by atoms with Crippen LogP contribution in [0.2, 0.25) is 0 Å². The highest BCUT2D eigenvalue weighted by molar-refractivity contribution is 6.19. The van der Waals surface area contributed by atoms with E-state index in [9.17, 15) is 9.59 Å². The van der Waals surface area contributed by atoms with Gasteiger partial charge in [0.05, 0.1) is 5.69 Å². The van der Waals surface area contributed by atoms with Gasteiger partial charge in [0.2, 0.25) is 11.8 Å². The third kappa shape index (κ3) is 1.97. The number of carbonyl (C=O) groups excluding carboxylic acids is 2. The van der Waals surface area contributed by atoms with Crippen molar-refractivity contribution in [3.8, 4) is 0 Å². The molecule has 0 aromatic heterocycles. The van der Waals surface area contributed by atoms with E-state index in [4.69, 9.17) is 5.11 Å². The summed E-state index contributed by atoms with van der Waals surface area (Å²) in [4.78, 5) is 24.1. The summed E-state index contributed by atoms with van der Waals surface area (Å²) >= 11 is 0. The van der Waals surface area contributed by atoms with Gasteiger partial charge in [0.15, 0.2) is 0 Å². The molecule has 0 atom stereocenters. The summed E-state index contributed by atoms with van der Waals surface area (Å²) in [7, 11) is 0. The molecule has 0 unspecified atom stereocenters. The Kier molecular flexibility index (Phi) is 3.01. The van der Waals surface area contributed by atoms with Crippen LogP contribution in [0.1, 0.15) is 18.4 Å². The number of hydrogen-bond acceptors (Lipinski definition) is 3. The first-order chi connectivity index (χ1) is 7.72. The summed E-state index contributed by atoms with van der Waals surface area (Å²) in [6.07, 6.45) is 1.19. The standard InChI is InChI=1S/C12H13NO3/c14-8-7-9-1-3-10(4-2-9)13-11(15)5-6-12(13)16/h1-4,14H,5-8H2. The van der Waals surface area contributed by atoms with Crippen molar-refractivity contribution in [1.82, 2.24) is 0 Å². The minimum atomic E-state index is -0.139. The zero-order valence-electron chi connectivity index (χ0n) is 8.85. The Balaban J connectivity index is 2.21. The van der Waals surface area contributed by atoms with Gasteiger partial charge in [-0.3, -0.25) is 14.5 Å². The van der Waals surface area contributed by atoms with Crippen molar-refractivity contribution < 1.29 is 14.7 Å². The van der Waals surface area contributed by atoms with Crippen LogP contribution in [-0.2, 0) is 16.0 Å². The average molecular weight is 219 g/mol. The van der Waals surface area contributed by atoms with E-state index >= 15 is 0 Å². The number of benzene rings is 1. The number of aliphatic hydroxyl groups is 1. The molecule has 1 aromatic carbocycles. The average Bonchev–Trinajstić information content (AvgIpc) is 2.61. The highest BCUT2D eigenvalue weighted by atomic mass is 16.3. The SMILES string of the molecule is O=C1CCC(=O)N1c1ccc(CCO)cc1. The molecule has 0 spiro atoms. The van der Waals surface area contributed by atoms with Gasteiger partial charge in [-0.05, 0) is 24.1 Å². The molecular weight excluding hydrogens is 206 g/mol. The Morgan fingerprint density at radius 2 is 1.62 bits per heavy atom. The molecule has 1 saturated heterocycles. The molecular formula is C12H13NO3. The normalized spacial score (nSPS) is 15.9. The maximum absolute atomic E-state index is 11.5. The highest BCUT2D eigenvalue weighted by Crippen LogP contribution is 2.22. The quantitative estimate of drug-likeness (QED) is 0.767. The predicted molar refractivity (Wildman–Crippen MR) is 59.0 cm³/mol. The third-order valence-corrected chi connectivity index (χ3v) is 2.65. The fourth-order valence-electron chi connectivity index (χ4n) is 1.81. The van der Waals surface area contributed by atoms with Gasteiger partial charge in [-0.25, -0.2) is 0 Å². The molecule has 0 aliphatic carbocycles. The van der Waals surface area contributed by atoms with Gasteiger partial charge in [0.1, 0.15) is 0 Å². The molecule has 1 aliphatic rings. The number of anilines is 1. The molecule has 0 radical (unpaired) electrons. The van der Waals surface area contributed by atoms with E-state index in [1.54, 1.807) is 12.1 Å². The van der Waals surface area contributed by atoms with Crippen molar-refractivity contribution in [2.24, 2.45) is 0 Å². The molecule has 2 amide bonds. The lowest BCUT2D eigenvalue weighted by Gasteiger charge is -2.13. The first-order valence-electron chi connectivity index (χ1n) is 5.28. The van der Waals surface area contributed by atoms with Crippen LogP contribution in [0.15, 0.2) is 24.3 Å². The van der Waals surface area contributed by atoms with Gasteiger partial charge in [-0.1, -0.05) is 12.1 Å². The van der Waals surface area contributed by atoms with Gasteiger partial charge < -0.3 is 5.11 Å². The van der Waals surface area contributed by atoms with Crippen LogP contribution in [-0.4, -0.2) is 23.5 Å². The summed E-state index contributed by atoms with van der Waals surface area (Å²) in [5, 5.41) is 8.77. The second-order valence-corrected chi connectivity index (χ2v) is 3.76. The molecule has 1 heterocycles. The van der Waals surface area contributed by atoms with Gasteiger partial charge in [-0.2, -0.15) is 0 Å². The van der Waals surface area contributed by atoms with Crippen LogP contribution in [0.4, 0.5) is 5.69 Å². The third-order valence-electron chi connectivity index (χ3n) is 2.65. The maximum Gasteiger partial charge on any atom is 0.234 e. The fraction of sp³-hybridized carbons (Fsp3) is 0.333. The smallest absolute Gasteiger partial charge is 0.234 e. The van der Waals surface area contributed by atoms with Crippen LogP contribution < -0.4 is 4.90 Å². The molecule has 1 fully saturated rings. The molecule has 0 bridgehead atoms. The van der Waals surface area contributed by atoms with Crippen molar-refractivity contribution in [2.45, 2.75) is 19.3 Å². The summed E-state index contributed by atoms with van der Waals surface area (Å²) in [5.74, 6) is -0.278. The van der Waals surface area contributed by atoms with Gasteiger partial charge in [0.25, 0.3) is 0 Å². The van der Waals surface area contributed by atoms with Crippen molar-refractivity contribution in [1.29, 1.82) is 0 Å². The molecule has 0 saturated carbocycles. The molecule has 4 nitrogen and oxygen atoms in total. The van der Waals surface area contributed by atoms with Crippen LogP contribution >= 0.6 is 0 Å².